The average Bonchev–Trinajstić information content (AvgIpc) is 2.83. The number of amides is 1. The number of benzene rings is 2. The van der Waals surface area contributed by atoms with Gasteiger partial charge in [0, 0.05) is 19.2 Å². The molecule has 1 heterocycles. The number of fused-ring (bicyclic) bond motifs is 1. The fraction of sp³-hybridized carbons (Fsp3) is 0.364. The summed E-state index contributed by atoms with van der Waals surface area (Å²) in [6.45, 7) is 5.49. The van der Waals surface area contributed by atoms with Gasteiger partial charge in [-0.3, -0.25) is 9.59 Å². The van der Waals surface area contributed by atoms with Gasteiger partial charge in [-0.25, -0.2) is 8.42 Å². The Kier molecular flexibility index (Phi) is 6.01. The summed E-state index contributed by atoms with van der Waals surface area (Å²) in [4.78, 5) is 23.9. The lowest BCUT2D eigenvalue weighted by molar-refractivity contribution is -0.141. The molecule has 1 aliphatic heterocycles. The van der Waals surface area contributed by atoms with Crippen molar-refractivity contribution in [3.05, 3.63) is 58.1 Å². The van der Waals surface area contributed by atoms with Crippen LogP contribution in [0.1, 0.15) is 46.7 Å². The molecule has 0 unspecified atom stereocenters. The Balaban J connectivity index is 2.06. The number of hydrogen-bond donors (Lipinski definition) is 2. The maximum absolute atomic E-state index is 13.4. The smallest absolute Gasteiger partial charge is 0.326 e. The minimum absolute atomic E-state index is 0.00793. The van der Waals surface area contributed by atoms with Crippen LogP contribution < -0.4 is 5.32 Å². The highest BCUT2D eigenvalue weighted by Gasteiger charge is 2.36. The molecule has 3 rings (SSSR count). The molecule has 1 aliphatic rings. The molecule has 0 aromatic heterocycles. The van der Waals surface area contributed by atoms with E-state index in [0.717, 1.165) is 26.6 Å². The number of nitrogens with zero attached hydrogens (tertiary/aromatic N) is 1. The van der Waals surface area contributed by atoms with E-state index in [1.165, 1.54) is 19.2 Å². The second-order valence-corrected chi connectivity index (χ2v) is 9.79. The molecular formula is C22H26N2O5S. The van der Waals surface area contributed by atoms with E-state index in [2.05, 4.69) is 5.32 Å². The highest BCUT2D eigenvalue weighted by atomic mass is 32.2. The van der Waals surface area contributed by atoms with Gasteiger partial charge in [0.1, 0.15) is 6.04 Å². The van der Waals surface area contributed by atoms with Gasteiger partial charge in [-0.1, -0.05) is 17.7 Å². The van der Waals surface area contributed by atoms with Gasteiger partial charge < -0.3 is 10.4 Å². The van der Waals surface area contributed by atoms with Gasteiger partial charge >= 0.3 is 5.97 Å². The van der Waals surface area contributed by atoms with Crippen molar-refractivity contribution < 1.29 is 23.1 Å². The number of aliphatic carboxylic acids is 1. The van der Waals surface area contributed by atoms with Crippen LogP contribution in [0.4, 0.5) is 5.69 Å². The molecule has 2 aromatic rings. The van der Waals surface area contributed by atoms with E-state index in [1.807, 2.05) is 19.1 Å². The number of rotatable bonds is 5. The largest absolute Gasteiger partial charge is 0.480 e. The van der Waals surface area contributed by atoms with Crippen LogP contribution in [-0.2, 0) is 26.0 Å². The van der Waals surface area contributed by atoms with Gasteiger partial charge in [0.15, 0.2) is 0 Å². The van der Waals surface area contributed by atoms with Gasteiger partial charge in [0.25, 0.3) is 0 Å². The highest BCUT2D eigenvalue weighted by molar-refractivity contribution is 7.89. The van der Waals surface area contributed by atoms with Crippen LogP contribution in [0.2, 0.25) is 0 Å². The lowest BCUT2D eigenvalue weighted by Gasteiger charge is -2.27. The van der Waals surface area contributed by atoms with E-state index in [1.54, 1.807) is 19.9 Å². The molecule has 2 aromatic carbocycles. The molecule has 1 amide bonds. The second kappa shape index (κ2) is 8.20. The van der Waals surface area contributed by atoms with E-state index in [0.29, 0.717) is 30.5 Å². The molecule has 0 radical (unpaired) electrons. The zero-order chi connectivity index (χ0) is 22.2. The van der Waals surface area contributed by atoms with Gasteiger partial charge in [-0.2, -0.15) is 4.31 Å². The standard InChI is InChI=1S/C22H26N2O5S/c1-13-10-14(2)20(15(3)11-13)21(22(26)27)24(4)30(28,29)17-8-9-18-16(12-17)6-5-7-19(25)23-18/h8-12,21H,5-7H2,1-4H3,(H,23,25)(H,26,27)/t21-/m0/s1. The predicted molar refractivity (Wildman–Crippen MR) is 114 cm³/mol. The molecular weight excluding hydrogens is 404 g/mol. The first-order valence-corrected chi connectivity index (χ1v) is 11.2. The molecule has 2 N–H and O–H groups in total. The van der Waals surface area contributed by atoms with Crippen LogP contribution in [-0.4, -0.2) is 36.8 Å². The summed E-state index contributed by atoms with van der Waals surface area (Å²) in [5.74, 6) is -1.34. The van der Waals surface area contributed by atoms with Gasteiger partial charge in [-0.05, 0) is 74.1 Å². The molecule has 0 saturated heterocycles. The van der Waals surface area contributed by atoms with Crippen molar-refractivity contribution in [3.63, 3.8) is 0 Å². The Morgan fingerprint density at radius 1 is 1.10 bits per heavy atom. The number of aryl methyl sites for hydroxylation is 4. The van der Waals surface area contributed by atoms with E-state index < -0.39 is 22.0 Å². The summed E-state index contributed by atoms with van der Waals surface area (Å²) in [5.41, 5.74) is 4.24. The Hall–Kier alpha value is -2.71. The highest BCUT2D eigenvalue weighted by Crippen LogP contribution is 2.33. The maximum atomic E-state index is 13.4. The molecule has 7 nitrogen and oxygen atoms in total. The summed E-state index contributed by atoms with van der Waals surface area (Å²) < 4.78 is 27.6. The lowest BCUT2D eigenvalue weighted by Crippen LogP contribution is -2.36. The topological polar surface area (TPSA) is 104 Å². The van der Waals surface area contributed by atoms with Crippen LogP contribution in [0.15, 0.2) is 35.2 Å². The van der Waals surface area contributed by atoms with Gasteiger partial charge in [-0.15, -0.1) is 0 Å². The third-order valence-electron chi connectivity index (χ3n) is 5.49. The number of carbonyl (C=O) groups excluding carboxylic acids is 1. The second-order valence-electron chi connectivity index (χ2n) is 7.80. The van der Waals surface area contributed by atoms with Crippen molar-refractivity contribution in [2.45, 2.75) is 51.0 Å². The zero-order valence-electron chi connectivity index (χ0n) is 17.5. The fourth-order valence-electron chi connectivity index (χ4n) is 4.10. The zero-order valence-corrected chi connectivity index (χ0v) is 18.3. The molecule has 8 heteroatoms. The number of carboxylic acid groups (broad SMARTS) is 1. The molecule has 0 saturated carbocycles. The van der Waals surface area contributed by atoms with Gasteiger partial charge in [0.2, 0.25) is 15.9 Å². The van der Waals surface area contributed by atoms with Crippen LogP contribution in [0.5, 0.6) is 0 Å². The van der Waals surface area contributed by atoms with E-state index in [9.17, 15) is 23.1 Å². The van der Waals surface area contributed by atoms with Crippen molar-refractivity contribution in [1.82, 2.24) is 4.31 Å². The summed E-state index contributed by atoms with van der Waals surface area (Å²) in [7, 11) is -2.80. The minimum Gasteiger partial charge on any atom is -0.480 e. The number of nitrogens with one attached hydrogen (secondary N) is 1. The average molecular weight is 431 g/mol. The van der Waals surface area contributed by atoms with Crippen LogP contribution >= 0.6 is 0 Å². The van der Waals surface area contributed by atoms with Crippen molar-refractivity contribution >= 4 is 27.6 Å². The normalized spacial score (nSPS) is 15.3. The Morgan fingerprint density at radius 2 is 1.73 bits per heavy atom. The van der Waals surface area contributed by atoms with Crippen LogP contribution in [0.25, 0.3) is 0 Å². The number of carboxylic acids is 1. The predicted octanol–water partition coefficient (Wildman–Crippen LogP) is 3.33. The Morgan fingerprint density at radius 3 is 2.33 bits per heavy atom. The van der Waals surface area contributed by atoms with E-state index in [-0.39, 0.29) is 10.8 Å². The molecule has 0 aliphatic carbocycles. The third-order valence-corrected chi connectivity index (χ3v) is 7.31. The summed E-state index contributed by atoms with van der Waals surface area (Å²) >= 11 is 0. The molecule has 1 atom stereocenters. The first-order chi connectivity index (χ1) is 14.0. The van der Waals surface area contributed by atoms with Crippen LogP contribution in [0.3, 0.4) is 0 Å². The Bertz CT molecular complexity index is 1100. The quantitative estimate of drug-likeness (QED) is 0.757. The van der Waals surface area contributed by atoms with Crippen molar-refractivity contribution in [1.29, 1.82) is 0 Å². The van der Waals surface area contributed by atoms with Crippen molar-refractivity contribution in [2.24, 2.45) is 0 Å². The fourth-order valence-corrected chi connectivity index (χ4v) is 5.44. The lowest BCUT2D eigenvalue weighted by atomic mass is 9.94. The first kappa shape index (κ1) is 22.0. The number of likely N-dealkylation sites (N-methyl/N-ethyl adjacent to an activating group) is 1. The first-order valence-electron chi connectivity index (χ1n) is 9.73. The molecule has 160 valence electrons. The Labute approximate surface area is 176 Å². The van der Waals surface area contributed by atoms with Crippen molar-refractivity contribution in [3.8, 4) is 0 Å². The summed E-state index contributed by atoms with van der Waals surface area (Å²) in [6.07, 6.45) is 1.57. The third kappa shape index (κ3) is 4.11. The monoisotopic (exact) mass is 430 g/mol. The maximum Gasteiger partial charge on any atom is 0.326 e. The summed E-state index contributed by atoms with van der Waals surface area (Å²) in [6, 6.07) is 6.85. The number of sulfonamides is 1. The number of anilines is 1. The summed E-state index contributed by atoms with van der Waals surface area (Å²) in [5, 5.41) is 12.7. The molecule has 0 fully saturated rings. The van der Waals surface area contributed by atoms with Gasteiger partial charge in [0.05, 0.1) is 4.90 Å². The SMILES string of the molecule is Cc1cc(C)c([C@@H](C(=O)O)N(C)S(=O)(=O)c2ccc3c(c2)CCCC(=O)N3)c(C)c1. The molecule has 0 spiro atoms. The van der Waals surface area contributed by atoms with Crippen LogP contribution in [0, 0.1) is 20.8 Å². The van der Waals surface area contributed by atoms with E-state index >= 15 is 0 Å². The number of hydrogen-bond acceptors (Lipinski definition) is 4. The number of carbonyl (C=O) groups is 2. The molecule has 30 heavy (non-hydrogen) atoms. The van der Waals surface area contributed by atoms with Crippen molar-refractivity contribution in [2.75, 3.05) is 12.4 Å². The van der Waals surface area contributed by atoms with E-state index in [4.69, 9.17) is 0 Å². The molecule has 0 bridgehead atoms. The minimum atomic E-state index is -4.09.